The quantitative estimate of drug-likeness (QED) is 0.854. The molecule has 2 rings (SSSR count). The molecular weight excluding hydrogens is 200 g/mol. The molecule has 16 heavy (non-hydrogen) atoms. The molecule has 3 heteroatoms. The van der Waals surface area contributed by atoms with Crippen LogP contribution < -0.4 is 5.32 Å². The largest absolute Gasteiger partial charge is 0.444 e. The lowest BCUT2D eigenvalue weighted by atomic mass is 10.2. The van der Waals surface area contributed by atoms with E-state index in [-0.39, 0.29) is 6.04 Å². The summed E-state index contributed by atoms with van der Waals surface area (Å²) in [5.41, 5.74) is 1.26. The van der Waals surface area contributed by atoms with Gasteiger partial charge < -0.3 is 9.73 Å². The van der Waals surface area contributed by atoms with Crippen molar-refractivity contribution in [3.05, 3.63) is 53.7 Å². The van der Waals surface area contributed by atoms with Crippen LogP contribution in [0.5, 0.6) is 0 Å². The summed E-state index contributed by atoms with van der Waals surface area (Å²) in [5.74, 6) is 1.59. The maximum absolute atomic E-state index is 5.46. The number of nitrogens with zero attached hydrogens (tertiary/aromatic N) is 1. The van der Waals surface area contributed by atoms with Gasteiger partial charge in [0.1, 0.15) is 5.76 Å². The number of benzene rings is 1. The lowest BCUT2D eigenvalue weighted by molar-refractivity contribution is 0.402. The summed E-state index contributed by atoms with van der Waals surface area (Å²) in [5, 5.41) is 3.37. The van der Waals surface area contributed by atoms with E-state index in [9.17, 15) is 0 Å². The first-order chi connectivity index (χ1) is 7.75. The van der Waals surface area contributed by atoms with Crippen molar-refractivity contribution in [3.63, 3.8) is 0 Å². The van der Waals surface area contributed by atoms with Crippen LogP contribution in [0.3, 0.4) is 0 Å². The molecule has 0 radical (unpaired) electrons. The molecule has 0 aliphatic carbocycles. The second-order valence-corrected chi connectivity index (χ2v) is 3.90. The molecule has 84 valence electrons. The summed E-state index contributed by atoms with van der Waals surface area (Å²) in [6.07, 6.45) is 1.75. The number of aromatic nitrogens is 1. The minimum absolute atomic E-state index is 0.133. The smallest absolute Gasteiger partial charge is 0.211 e. The van der Waals surface area contributed by atoms with Gasteiger partial charge in [-0.25, -0.2) is 4.98 Å². The van der Waals surface area contributed by atoms with Crippen LogP contribution >= 0.6 is 0 Å². The number of nitrogens with one attached hydrogen (secondary N) is 1. The van der Waals surface area contributed by atoms with Crippen molar-refractivity contribution >= 4 is 0 Å². The van der Waals surface area contributed by atoms with Gasteiger partial charge in [0, 0.05) is 6.54 Å². The minimum Gasteiger partial charge on any atom is -0.444 e. The average molecular weight is 216 g/mol. The van der Waals surface area contributed by atoms with E-state index in [1.165, 1.54) is 5.56 Å². The molecule has 0 spiro atoms. The number of hydrogen-bond donors (Lipinski definition) is 1. The number of oxazole rings is 1. The fraction of sp³-hybridized carbons (Fsp3) is 0.308. The average Bonchev–Trinajstić information content (AvgIpc) is 2.74. The van der Waals surface area contributed by atoms with Crippen LogP contribution in [0.2, 0.25) is 0 Å². The molecule has 1 aromatic carbocycles. The van der Waals surface area contributed by atoms with Crippen molar-refractivity contribution in [2.75, 3.05) is 0 Å². The third kappa shape index (κ3) is 2.70. The van der Waals surface area contributed by atoms with Crippen LogP contribution in [-0.4, -0.2) is 4.98 Å². The molecule has 1 atom stereocenters. The number of hydrogen-bond acceptors (Lipinski definition) is 3. The molecule has 2 aromatic rings. The summed E-state index contributed by atoms with van der Waals surface area (Å²) in [6, 6.07) is 10.4. The topological polar surface area (TPSA) is 38.1 Å². The highest BCUT2D eigenvalue weighted by atomic mass is 16.4. The first-order valence-corrected chi connectivity index (χ1v) is 5.45. The van der Waals surface area contributed by atoms with Gasteiger partial charge in [0.05, 0.1) is 12.2 Å². The second kappa shape index (κ2) is 4.94. The van der Waals surface area contributed by atoms with Gasteiger partial charge in [-0.05, 0) is 19.4 Å². The summed E-state index contributed by atoms with van der Waals surface area (Å²) < 4.78 is 5.46. The maximum atomic E-state index is 5.46. The van der Waals surface area contributed by atoms with E-state index in [1.807, 2.05) is 32.0 Å². The molecule has 0 bridgehead atoms. The molecule has 0 saturated carbocycles. The summed E-state index contributed by atoms with van der Waals surface area (Å²) >= 11 is 0. The van der Waals surface area contributed by atoms with Crippen LogP contribution in [0, 0.1) is 6.92 Å². The summed E-state index contributed by atoms with van der Waals surface area (Å²) in [6.45, 7) is 4.78. The number of aryl methyl sites for hydroxylation is 1. The Morgan fingerprint density at radius 2 is 2.06 bits per heavy atom. The fourth-order valence-corrected chi connectivity index (χ4v) is 1.53. The first-order valence-electron chi connectivity index (χ1n) is 5.45. The minimum atomic E-state index is 0.133. The van der Waals surface area contributed by atoms with Crippen LogP contribution in [-0.2, 0) is 6.54 Å². The number of rotatable bonds is 4. The van der Waals surface area contributed by atoms with E-state index in [4.69, 9.17) is 4.42 Å². The lowest BCUT2D eigenvalue weighted by Gasteiger charge is -2.09. The molecule has 0 aliphatic rings. The Morgan fingerprint density at radius 1 is 1.31 bits per heavy atom. The molecule has 0 aliphatic heterocycles. The van der Waals surface area contributed by atoms with E-state index >= 15 is 0 Å². The van der Waals surface area contributed by atoms with Gasteiger partial charge in [-0.15, -0.1) is 0 Å². The zero-order valence-electron chi connectivity index (χ0n) is 9.60. The SMILES string of the molecule is Cc1cnc(C(C)NCc2ccccc2)o1. The lowest BCUT2D eigenvalue weighted by Crippen LogP contribution is -2.18. The van der Waals surface area contributed by atoms with E-state index in [0.29, 0.717) is 0 Å². The van der Waals surface area contributed by atoms with Crippen molar-refractivity contribution in [3.8, 4) is 0 Å². The van der Waals surface area contributed by atoms with Gasteiger partial charge in [-0.1, -0.05) is 30.3 Å². The van der Waals surface area contributed by atoms with Crippen molar-refractivity contribution in [1.82, 2.24) is 10.3 Å². The Bertz CT molecular complexity index is 436. The molecular formula is C13H16N2O. The van der Waals surface area contributed by atoms with E-state index in [1.54, 1.807) is 6.20 Å². The highest BCUT2D eigenvalue weighted by Crippen LogP contribution is 2.12. The highest BCUT2D eigenvalue weighted by Gasteiger charge is 2.09. The second-order valence-electron chi connectivity index (χ2n) is 3.90. The van der Waals surface area contributed by atoms with Crippen molar-refractivity contribution in [2.45, 2.75) is 26.4 Å². The summed E-state index contributed by atoms with van der Waals surface area (Å²) in [4.78, 5) is 4.20. The molecule has 3 nitrogen and oxygen atoms in total. The zero-order chi connectivity index (χ0) is 11.4. The van der Waals surface area contributed by atoms with Gasteiger partial charge in [-0.3, -0.25) is 0 Å². The van der Waals surface area contributed by atoms with Crippen LogP contribution in [0.25, 0.3) is 0 Å². The van der Waals surface area contributed by atoms with Crippen molar-refractivity contribution < 1.29 is 4.42 Å². The van der Waals surface area contributed by atoms with Gasteiger partial charge in [0.15, 0.2) is 0 Å². The van der Waals surface area contributed by atoms with Crippen molar-refractivity contribution in [2.24, 2.45) is 0 Å². The third-order valence-electron chi connectivity index (χ3n) is 2.46. The Balaban J connectivity index is 1.91. The summed E-state index contributed by atoms with van der Waals surface area (Å²) in [7, 11) is 0. The van der Waals surface area contributed by atoms with E-state index in [2.05, 4.69) is 22.4 Å². The normalized spacial score (nSPS) is 12.6. The fourth-order valence-electron chi connectivity index (χ4n) is 1.53. The van der Waals surface area contributed by atoms with Crippen LogP contribution in [0.4, 0.5) is 0 Å². The zero-order valence-corrected chi connectivity index (χ0v) is 9.60. The molecule has 0 amide bonds. The molecule has 0 saturated heterocycles. The first kappa shape index (κ1) is 10.9. The van der Waals surface area contributed by atoms with Gasteiger partial charge >= 0.3 is 0 Å². The standard InChI is InChI=1S/C13H16N2O/c1-10-8-15-13(16-10)11(2)14-9-12-6-4-3-5-7-12/h3-8,11,14H,9H2,1-2H3. The molecule has 0 fully saturated rings. The Morgan fingerprint density at radius 3 is 2.69 bits per heavy atom. The Kier molecular flexibility index (Phi) is 3.37. The predicted molar refractivity (Wildman–Crippen MR) is 62.9 cm³/mol. The monoisotopic (exact) mass is 216 g/mol. The molecule has 1 N–H and O–H groups in total. The van der Waals surface area contributed by atoms with E-state index in [0.717, 1.165) is 18.2 Å². The Labute approximate surface area is 95.5 Å². The van der Waals surface area contributed by atoms with E-state index < -0.39 is 0 Å². The van der Waals surface area contributed by atoms with Crippen LogP contribution in [0.1, 0.15) is 30.2 Å². The van der Waals surface area contributed by atoms with Gasteiger partial charge in [0.25, 0.3) is 0 Å². The molecule has 1 heterocycles. The van der Waals surface area contributed by atoms with Gasteiger partial charge in [0.2, 0.25) is 5.89 Å². The molecule has 1 aromatic heterocycles. The molecule has 1 unspecified atom stereocenters. The van der Waals surface area contributed by atoms with Gasteiger partial charge in [-0.2, -0.15) is 0 Å². The maximum Gasteiger partial charge on any atom is 0.211 e. The van der Waals surface area contributed by atoms with Crippen molar-refractivity contribution in [1.29, 1.82) is 0 Å². The predicted octanol–water partition coefficient (Wildman–Crippen LogP) is 2.83. The third-order valence-corrected chi connectivity index (χ3v) is 2.46. The Hall–Kier alpha value is -1.61. The van der Waals surface area contributed by atoms with Crippen LogP contribution in [0.15, 0.2) is 40.9 Å². The highest BCUT2D eigenvalue weighted by molar-refractivity contribution is 5.14.